The molecule has 0 unspecified atom stereocenters. The van der Waals surface area contributed by atoms with Crippen LogP contribution in [0.5, 0.6) is 0 Å². The SMILES string of the molecule is Cc1ccc(N(/C=C2\CCSc3ccccc32)/C=C2\CCSc3ccccc32)cc1. The second kappa shape index (κ2) is 8.79. The first-order valence-electron chi connectivity index (χ1n) is 10.5. The van der Waals surface area contributed by atoms with E-state index in [4.69, 9.17) is 0 Å². The molecule has 0 N–H and O–H groups in total. The van der Waals surface area contributed by atoms with Crippen LogP contribution in [0.4, 0.5) is 5.69 Å². The summed E-state index contributed by atoms with van der Waals surface area (Å²) in [6, 6.07) is 26.5. The normalized spacial score (nSPS) is 18.2. The van der Waals surface area contributed by atoms with E-state index in [0.29, 0.717) is 0 Å². The second-order valence-corrected chi connectivity index (χ2v) is 10.0. The zero-order valence-electron chi connectivity index (χ0n) is 17.2. The van der Waals surface area contributed by atoms with Crippen LogP contribution >= 0.6 is 23.5 Å². The van der Waals surface area contributed by atoms with Crippen molar-refractivity contribution in [3.63, 3.8) is 0 Å². The van der Waals surface area contributed by atoms with Gasteiger partial charge in [-0.2, -0.15) is 0 Å². The zero-order valence-corrected chi connectivity index (χ0v) is 18.8. The molecule has 0 aliphatic carbocycles. The summed E-state index contributed by atoms with van der Waals surface area (Å²) in [6.45, 7) is 2.15. The Balaban J connectivity index is 1.61. The van der Waals surface area contributed by atoms with Crippen LogP contribution in [0.2, 0.25) is 0 Å². The van der Waals surface area contributed by atoms with Gasteiger partial charge < -0.3 is 4.90 Å². The van der Waals surface area contributed by atoms with Gasteiger partial charge in [0.1, 0.15) is 0 Å². The number of hydrogen-bond donors (Lipinski definition) is 0. The lowest BCUT2D eigenvalue weighted by molar-refractivity contribution is 1.14. The van der Waals surface area contributed by atoms with Gasteiger partial charge in [0, 0.05) is 39.4 Å². The minimum absolute atomic E-state index is 1.10. The van der Waals surface area contributed by atoms with Crippen LogP contribution in [0.1, 0.15) is 29.5 Å². The Bertz CT molecular complexity index is 1040. The highest BCUT2D eigenvalue weighted by Gasteiger charge is 2.18. The molecule has 0 fully saturated rings. The van der Waals surface area contributed by atoms with Crippen LogP contribution in [0, 0.1) is 6.92 Å². The van der Waals surface area contributed by atoms with Gasteiger partial charge in [-0.15, -0.1) is 23.5 Å². The highest BCUT2D eigenvalue weighted by Crippen LogP contribution is 2.39. The lowest BCUT2D eigenvalue weighted by Gasteiger charge is -2.25. The van der Waals surface area contributed by atoms with E-state index < -0.39 is 0 Å². The minimum Gasteiger partial charge on any atom is -0.323 e. The Labute approximate surface area is 187 Å². The van der Waals surface area contributed by atoms with E-state index in [-0.39, 0.29) is 0 Å². The van der Waals surface area contributed by atoms with Gasteiger partial charge in [-0.1, -0.05) is 54.1 Å². The van der Waals surface area contributed by atoms with Crippen molar-refractivity contribution in [1.29, 1.82) is 0 Å². The van der Waals surface area contributed by atoms with Crippen LogP contribution in [0.15, 0.2) is 95.0 Å². The summed E-state index contributed by atoms with van der Waals surface area (Å²) in [4.78, 5) is 5.14. The topological polar surface area (TPSA) is 3.24 Å². The summed E-state index contributed by atoms with van der Waals surface area (Å²) < 4.78 is 0. The molecule has 2 aliphatic heterocycles. The van der Waals surface area contributed by atoms with E-state index >= 15 is 0 Å². The summed E-state index contributed by atoms with van der Waals surface area (Å²) in [5.74, 6) is 2.28. The standard InChI is InChI=1S/C27H25NS2/c1-20-10-12-23(13-11-20)28(18-21-14-16-29-26-8-4-2-6-24(21)26)19-22-15-17-30-27-9-5-3-7-25(22)27/h2-13,18-19H,14-17H2,1H3/b21-18+,22-19+. The highest BCUT2D eigenvalue weighted by atomic mass is 32.2. The van der Waals surface area contributed by atoms with Gasteiger partial charge in [-0.25, -0.2) is 0 Å². The van der Waals surface area contributed by atoms with Crippen molar-refractivity contribution in [2.45, 2.75) is 29.6 Å². The molecule has 0 saturated carbocycles. The molecule has 0 saturated heterocycles. The summed E-state index contributed by atoms with van der Waals surface area (Å²) in [5.41, 5.74) is 8.10. The van der Waals surface area contributed by atoms with E-state index in [1.807, 2.05) is 23.5 Å². The van der Waals surface area contributed by atoms with Crippen LogP contribution in [-0.4, -0.2) is 11.5 Å². The second-order valence-electron chi connectivity index (χ2n) is 7.74. The molecule has 0 amide bonds. The predicted molar refractivity (Wildman–Crippen MR) is 133 cm³/mol. The molecule has 0 spiro atoms. The van der Waals surface area contributed by atoms with Crippen LogP contribution < -0.4 is 4.90 Å². The number of benzene rings is 3. The molecule has 0 bridgehead atoms. The summed E-state index contributed by atoms with van der Waals surface area (Å²) in [5, 5.41) is 0. The molecule has 3 aromatic rings. The largest absolute Gasteiger partial charge is 0.323 e. The van der Waals surface area contributed by atoms with Crippen molar-refractivity contribution in [1.82, 2.24) is 0 Å². The first-order chi connectivity index (χ1) is 14.8. The molecule has 1 nitrogen and oxygen atoms in total. The number of thioether (sulfide) groups is 2. The van der Waals surface area contributed by atoms with E-state index in [1.54, 1.807) is 0 Å². The van der Waals surface area contributed by atoms with Gasteiger partial charge in [0.15, 0.2) is 0 Å². The third-order valence-corrected chi connectivity index (χ3v) is 7.80. The molecule has 3 aromatic carbocycles. The monoisotopic (exact) mass is 427 g/mol. The average Bonchev–Trinajstić information content (AvgIpc) is 2.80. The quantitative estimate of drug-likeness (QED) is 0.418. The fourth-order valence-corrected chi connectivity index (χ4v) is 6.18. The van der Waals surface area contributed by atoms with Gasteiger partial charge in [0.2, 0.25) is 0 Å². The van der Waals surface area contributed by atoms with E-state index in [9.17, 15) is 0 Å². The smallest absolute Gasteiger partial charge is 0.0449 e. The van der Waals surface area contributed by atoms with Crippen molar-refractivity contribution < 1.29 is 0 Å². The lowest BCUT2D eigenvalue weighted by Crippen LogP contribution is -2.12. The van der Waals surface area contributed by atoms with Crippen LogP contribution in [0.3, 0.4) is 0 Å². The first kappa shape index (κ1) is 19.6. The van der Waals surface area contributed by atoms with Crippen molar-refractivity contribution in [3.05, 3.63) is 102 Å². The van der Waals surface area contributed by atoms with E-state index in [1.165, 1.54) is 43.3 Å². The molecule has 150 valence electrons. The van der Waals surface area contributed by atoms with Gasteiger partial charge >= 0.3 is 0 Å². The maximum Gasteiger partial charge on any atom is 0.0449 e. The molecule has 5 rings (SSSR count). The third kappa shape index (κ3) is 4.10. The number of rotatable bonds is 3. The maximum absolute atomic E-state index is 2.36. The lowest BCUT2D eigenvalue weighted by atomic mass is 10.0. The number of fused-ring (bicyclic) bond motifs is 2. The number of aryl methyl sites for hydroxylation is 1. The number of hydrogen-bond acceptors (Lipinski definition) is 3. The Morgan fingerprint density at radius 1 is 0.667 bits per heavy atom. The van der Waals surface area contributed by atoms with E-state index in [0.717, 1.165) is 24.3 Å². The van der Waals surface area contributed by atoms with Crippen molar-refractivity contribution >= 4 is 40.4 Å². The van der Waals surface area contributed by atoms with Crippen molar-refractivity contribution in [2.75, 3.05) is 16.4 Å². The van der Waals surface area contributed by atoms with Gasteiger partial charge in [-0.3, -0.25) is 0 Å². The van der Waals surface area contributed by atoms with Crippen LogP contribution in [0.25, 0.3) is 11.1 Å². The third-order valence-electron chi connectivity index (χ3n) is 5.65. The fourth-order valence-electron chi connectivity index (χ4n) is 4.03. The predicted octanol–water partition coefficient (Wildman–Crippen LogP) is 7.88. The maximum atomic E-state index is 2.36. The molecule has 3 heteroatoms. The van der Waals surface area contributed by atoms with E-state index in [2.05, 4.69) is 97.0 Å². The van der Waals surface area contributed by atoms with Gasteiger partial charge in [0.25, 0.3) is 0 Å². The van der Waals surface area contributed by atoms with Crippen LogP contribution in [-0.2, 0) is 0 Å². The summed E-state index contributed by atoms with van der Waals surface area (Å²) in [7, 11) is 0. The van der Waals surface area contributed by atoms with Gasteiger partial charge in [-0.05, 0) is 66.3 Å². The molecule has 30 heavy (non-hydrogen) atoms. The zero-order chi connectivity index (χ0) is 20.3. The molecule has 0 atom stereocenters. The summed E-state index contributed by atoms with van der Waals surface area (Å²) in [6.07, 6.45) is 6.92. The average molecular weight is 428 g/mol. The summed E-state index contributed by atoms with van der Waals surface area (Å²) >= 11 is 3.93. The molecule has 2 heterocycles. The molecule has 2 aliphatic rings. The van der Waals surface area contributed by atoms with Gasteiger partial charge in [0.05, 0.1) is 0 Å². The first-order valence-corrected chi connectivity index (χ1v) is 12.5. The molecular formula is C27H25NS2. The number of nitrogens with zero attached hydrogens (tertiary/aromatic N) is 1. The molecule has 0 aromatic heterocycles. The Kier molecular flexibility index (Phi) is 5.74. The molecular weight excluding hydrogens is 402 g/mol. The Morgan fingerprint density at radius 2 is 1.17 bits per heavy atom. The van der Waals surface area contributed by atoms with Crippen molar-refractivity contribution in [3.8, 4) is 0 Å². The van der Waals surface area contributed by atoms with Crippen molar-refractivity contribution in [2.24, 2.45) is 0 Å². The fraction of sp³-hybridized carbons (Fsp3) is 0.185. The number of anilines is 1. The molecule has 0 radical (unpaired) electrons. The highest BCUT2D eigenvalue weighted by molar-refractivity contribution is 7.99. The minimum atomic E-state index is 1.10. The Morgan fingerprint density at radius 3 is 1.70 bits per heavy atom. The Hall–Kier alpha value is -2.36. The number of allylic oxidation sites excluding steroid dienone is 2.